The fourth-order valence-corrected chi connectivity index (χ4v) is 3.24. The highest BCUT2D eigenvalue weighted by molar-refractivity contribution is 5.94. The molecule has 3 aromatic rings. The predicted octanol–water partition coefficient (Wildman–Crippen LogP) is 2.80. The van der Waals surface area contributed by atoms with Crippen LogP contribution in [0.15, 0.2) is 47.0 Å². The fraction of sp³-hybridized carbons (Fsp3) is 0.263. The average molecular weight is 337 g/mol. The second-order valence-electron chi connectivity index (χ2n) is 6.23. The number of hydrogen-bond acceptors (Lipinski definition) is 5. The van der Waals surface area contributed by atoms with E-state index >= 15 is 0 Å². The van der Waals surface area contributed by atoms with E-state index in [1.165, 1.54) is 12.1 Å². The van der Waals surface area contributed by atoms with Crippen LogP contribution < -0.4 is 4.90 Å². The topological polar surface area (TPSA) is 69.8 Å². The fourth-order valence-electron chi connectivity index (χ4n) is 3.24. The predicted molar refractivity (Wildman–Crippen MR) is 95.0 cm³/mol. The normalized spacial score (nSPS) is 14.9. The van der Waals surface area contributed by atoms with Crippen LogP contribution in [0.5, 0.6) is 5.75 Å². The summed E-state index contributed by atoms with van der Waals surface area (Å²) in [6.45, 7) is 4.64. The number of aromatic hydroxyl groups is 1. The van der Waals surface area contributed by atoms with Crippen molar-refractivity contribution in [3.8, 4) is 5.75 Å². The molecule has 0 aliphatic carbocycles. The summed E-state index contributed by atoms with van der Waals surface area (Å²) in [5, 5.41) is 10.4. The van der Waals surface area contributed by atoms with Gasteiger partial charge in [-0.3, -0.25) is 4.79 Å². The van der Waals surface area contributed by atoms with Crippen LogP contribution in [-0.4, -0.2) is 47.1 Å². The first-order valence-corrected chi connectivity index (χ1v) is 8.30. The number of hydrogen-bond donors (Lipinski definition) is 1. The van der Waals surface area contributed by atoms with Gasteiger partial charge in [-0.1, -0.05) is 0 Å². The first kappa shape index (κ1) is 15.5. The Hall–Kier alpha value is -3.02. The number of rotatable bonds is 2. The molecule has 2 aromatic heterocycles. The van der Waals surface area contributed by atoms with Crippen molar-refractivity contribution >= 4 is 22.7 Å². The van der Waals surface area contributed by atoms with E-state index in [0.717, 1.165) is 35.6 Å². The molecule has 1 amide bonds. The van der Waals surface area contributed by atoms with Gasteiger partial charge in [0.25, 0.3) is 5.91 Å². The number of phenols is 1. The third-order valence-electron chi connectivity index (χ3n) is 4.53. The molecule has 3 heterocycles. The van der Waals surface area contributed by atoms with Gasteiger partial charge in [0, 0.05) is 37.9 Å². The van der Waals surface area contributed by atoms with Crippen molar-refractivity contribution < 1.29 is 14.3 Å². The zero-order valence-corrected chi connectivity index (χ0v) is 14.0. The van der Waals surface area contributed by atoms with Crippen molar-refractivity contribution in [2.45, 2.75) is 6.92 Å². The van der Waals surface area contributed by atoms with Crippen molar-refractivity contribution in [2.24, 2.45) is 0 Å². The lowest BCUT2D eigenvalue weighted by Gasteiger charge is -2.35. The van der Waals surface area contributed by atoms with E-state index in [-0.39, 0.29) is 11.7 Å². The summed E-state index contributed by atoms with van der Waals surface area (Å²) >= 11 is 0. The van der Waals surface area contributed by atoms with Crippen LogP contribution in [0.3, 0.4) is 0 Å². The summed E-state index contributed by atoms with van der Waals surface area (Å²) in [6.07, 6.45) is 1.76. The highest BCUT2D eigenvalue weighted by Crippen LogP contribution is 2.28. The minimum Gasteiger partial charge on any atom is -0.508 e. The molecule has 0 unspecified atom stereocenters. The van der Waals surface area contributed by atoms with Gasteiger partial charge in [0.05, 0.1) is 5.39 Å². The van der Waals surface area contributed by atoms with Gasteiger partial charge in [0.2, 0.25) is 0 Å². The van der Waals surface area contributed by atoms with Gasteiger partial charge in [-0.2, -0.15) is 0 Å². The molecular formula is C19H19N3O3. The lowest BCUT2D eigenvalue weighted by Crippen LogP contribution is -2.49. The zero-order valence-electron chi connectivity index (χ0n) is 14.0. The number of aromatic nitrogens is 1. The standard InChI is InChI=1S/C19H19N3O3/c1-13-12-16-17(25-13)6-7-20-18(16)21-8-10-22(11-9-21)19(24)14-2-4-15(23)5-3-14/h2-7,12,23H,8-11H2,1H3. The number of aryl methyl sites for hydroxylation is 1. The van der Waals surface area contributed by atoms with Crippen molar-refractivity contribution in [1.82, 2.24) is 9.88 Å². The van der Waals surface area contributed by atoms with Crippen molar-refractivity contribution in [2.75, 3.05) is 31.1 Å². The van der Waals surface area contributed by atoms with Crippen LogP contribution in [0, 0.1) is 6.92 Å². The third-order valence-corrected chi connectivity index (χ3v) is 4.53. The number of fused-ring (bicyclic) bond motifs is 1. The maximum atomic E-state index is 12.6. The Morgan fingerprint density at radius 1 is 1.12 bits per heavy atom. The summed E-state index contributed by atoms with van der Waals surface area (Å²) in [5.41, 5.74) is 1.43. The Bertz CT molecular complexity index is 909. The molecule has 0 bridgehead atoms. The monoisotopic (exact) mass is 337 g/mol. The maximum Gasteiger partial charge on any atom is 0.253 e. The second kappa shape index (κ2) is 6.12. The molecule has 1 fully saturated rings. The van der Waals surface area contributed by atoms with Gasteiger partial charge >= 0.3 is 0 Å². The SMILES string of the molecule is Cc1cc2c(N3CCN(C(=O)c4ccc(O)cc4)CC3)nccc2o1. The van der Waals surface area contributed by atoms with Crippen LogP contribution in [0.1, 0.15) is 16.1 Å². The van der Waals surface area contributed by atoms with Crippen LogP contribution in [0.2, 0.25) is 0 Å². The van der Waals surface area contributed by atoms with Gasteiger partial charge in [-0.05, 0) is 43.3 Å². The largest absolute Gasteiger partial charge is 0.508 e. The number of furan rings is 1. The number of nitrogens with zero attached hydrogens (tertiary/aromatic N) is 3. The van der Waals surface area contributed by atoms with Crippen molar-refractivity contribution in [3.63, 3.8) is 0 Å². The number of benzene rings is 1. The van der Waals surface area contributed by atoms with E-state index in [1.807, 2.05) is 24.0 Å². The molecule has 1 saturated heterocycles. The van der Waals surface area contributed by atoms with Crippen LogP contribution >= 0.6 is 0 Å². The number of carbonyl (C=O) groups is 1. The number of pyridine rings is 1. The van der Waals surface area contributed by atoms with E-state index in [4.69, 9.17) is 4.42 Å². The summed E-state index contributed by atoms with van der Waals surface area (Å²) in [4.78, 5) is 21.1. The van der Waals surface area contributed by atoms with Crippen LogP contribution in [-0.2, 0) is 0 Å². The first-order valence-electron chi connectivity index (χ1n) is 8.30. The smallest absolute Gasteiger partial charge is 0.253 e. The lowest BCUT2D eigenvalue weighted by molar-refractivity contribution is 0.0746. The van der Waals surface area contributed by atoms with Crippen molar-refractivity contribution in [3.05, 3.63) is 53.9 Å². The Morgan fingerprint density at radius 3 is 2.56 bits per heavy atom. The molecule has 25 heavy (non-hydrogen) atoms. The van der Waals surface area contributed by atoms with E-state index in [1.54, 1.807) is 18.3 Å². The number of anilines is 1. The first-order chi connectivity index (χ1) is 12.1. The maximum absolute atomic E-state index is 12.6. The summed E-state index contributed by atoms with van der Waals surface area (Å²) in [6, 6.07) is 10.3. The van der Waals surface area contributed by atoms with E-state index < -0.39 is 0 Å². The second-order valence-corrected chi connectivity index (χ2v) is 6.23. The molecular weight excluding hydrogens is 318 g/mol. The lowest BCUT2D eigenvalue weighted by atomic mass is 10.1. The molecule has 6 heteroatoms. The molecule has 6 nitrogen and oxygen atoms in total. The molecule has 0 radical (unpaired) electrons. The van der Waals surface area contributed by atoms with Gasteiger partial charge < -0.3 is 19.3 Å². The molecule has 1 aromatic carbocycles. The Balaban J connectivity index is 1.49. The molecule has 0 spiro atoms. The van der Waals surface area contributed by atoms with Crippen molar-refractivity contribution in [1.29, 1.82) is 0 Å². The van der Waals surface area contributed by atoms with Gasteiger partial charge in [-0.25, -0.2) is 4.98 Å². The Kier molecular flexibility index (Phi) is 3.80. The summed E-state index contributed by atoms with van der Waals surface area (Å²) in [5.74, 6) is 1.93. The number of carbonyl (C=O) groups excluding carboxylic acids is 1. The summed E-state index contributed by atoms with van der Waals surface area (Å²) in [7, 11) is 0. The highest BCUT2D eigenvalue weighted by Gasteiger charge is 2.24. The third kappa shape index (κ3) is 2.91. The zero-order chi connectivity index (χ0) is 17.4. The molecule has 1 N–H and O–H groups in total. The van der Waals surface area contributed by atoms with Crippen LogP contribution in [0.25, 0.3) is 11.0 Å². The van der Waals surface area contributed by atoms with E-state index in [0.29, 0.717) is 18.7 Å². The molecule has 128 valence electrons. The van der Waals surface area contributed by atoms with Gasteiger partial charge in [-0.15, -0.1) is 0 Å². The number of phenolic OH excluding ortho intramolecular Hbond substituents is 1. The summed E-state index contributed by atoms with van der Waals surface area (Å²) < 4.78 is 5.67. The average Bonchev–Trinajstić information content (AvgIpc) is 3.02. The minimum absolute atomic E-state index is 0.00928. The van der Waals surface area contributed by atoms with Gasteiger partial charge in [0.1, 0.15) is 22.9 Å². The quantitative estimate of drug-likeness (QED) is 0.779. The molecule has 0 saturated carbocycles. The van der Waals surface area contributed by atoms with Gasteiger partial charge in [0.15, 0.2) is 0 Å². The molecule has 4 rings (SSSR count). The van der Waals surface area contributed by atoms with E-state index in [2.05, 4.69) is 9.88 Å². The van der Waals surface area contributed by atoms with Crippen LogP contribution in [0.4, 0.5) is 5.82 Å². The molecule has 0 atom stereocenters. The molecule has 1 aliphatic rings. The highest BCUT2D eigenvalue weighted by atomic mass is 16.3. The Morgan fingerprint density at radius 2 is 1.84 bits per heavy atom. The van der Waals surface area contributed by atoms with E-state index in [9.17, 15) is 9.90 Å². The Labute approximate surface area is 145 Å². The number of piperazine rings is 1. The number of amides is 1. The molecule has 1 aliphatic heterocycles. The minimum atomic E-state index is -0.00928.